The van der Waals surface area contributed by atoms with Gasteiger partial charge in [-0.3, -0.25) is 4.79 Å². The molecular formula is C21H43NO. The predicted molar refractivity (Wildman–Crippen MR) is 103 cm³/mol. The van der Waals surface area contributed by atoms with Crippen LogP contribution in [0.15, 0.2) is 0 Å². The first-order valence-electron chi connectivity index (χ1n) is 10.6. The molecule has 0 aromatic rings. The third-order valence-corrected chi connectivity index (χ3v) is 4.61. The van der Waals surface area contributed by atoms with Crippen molar-refractivity contribution >= 4 is 5.91 Å². The number of amides is 1. The van der Waals surface area contributed by atoms with E-state index in [0.717, 1.165) is 25.8 Å². The molecule has 0 aromatic heterocycles. The second-order valence-corrected chi connectivity index (χ2v) is 7.05. The molecule has 0 aliphatic rings. The molecular weight excluding hydrogens is 282 g/mol. The maximum Gasteiger partial charge on any atom is 0.219 e. The summed E-state index contributed by atoms with van der Waals surface area (Å²) < 4.78 is 0. The van der Waals surface area contributed by atoms with Crippen LogP contribution in [0.2, 0.25) is 0 Å². The van der Waals surface area contributed by atoms with E-state index in [1.807, 2.05) is 0 Å². The second kappa shape index (κ2) is 19.5. The fourth-order valence-electron chi connectivity index (χ4n) is 2.99. The third-order valence-electron chi connectivity index (χ3n) is 4.61. The molecule has 0 spiro atoms. The minimum Gasteiger partial charge on any atom is -0.356 e. The molecule has 1 N–H and O–H groups in total. The molecule has 138 valence electrons. The summed E-state index contributed by atoms with van der Waals surface area (Å²) in [6.07, 6.45) is 21.9. The summed E-state index contributed by atoms with van der Waals surface area (Å²) >= 11 is 0. The summed E-state index contributed by atoms with van der Waals surface area (Å²) in [6.45, 7) is 5.36. The molecule has 0 radical (unpaired) electrons. The fraction of sp³-hybridized carbons (Fsp3) is 0.952. The van der Waals surface area contributed by atoms with Gasteiger partial charge in [0.25, 0.3) is 0 Å². The van der Waals surface area contributed by atoms with Crippen molar-refractivity contribution in [3.8, 4) is 0 Å². The van der Waals surface area contributed by atoms with Crippen molar-refractivity contribution < 1.29 is 4.79 Å². The molecule has 2 heteroatoms. The van der Waals surface area contributed by atoms with Crippen molar-refractivity contribution in [2.45, 2.75) is 123 Å². The van der Waals surface area contributed by atoms with Crippen LogP contribution in [0, 0.1) is 0 Å². The number of nitrogens with one attached hydrogen (secondary N) is 1. The van der Waals surface area contributed by atoms with Crippen molar-refractivity contribution in [1.82, 2.24) is 5.32 Å². The molecule has 0 aliphatic heterocycles. The monoisotopic (exact) mass is 325 g/mol. The quantitative estimate of drug-likeness (QED) is 0.277. The van der Waals surface area contributed by atoms with Crippen LogP contribution in [-0.2, 0) is 4.79 Å². The average Bonchev–Trinajstić information content (AvgIpc) is 2.56. The van der Waals surface area contributed by atoms with Gasteiger partial charge >= 0.3 is 0 Å². The highest BCUT2D eigenvalue weighted by Crippen LogP contribution is 2.11. The van der Waals surface area contributed by atoms with Gasteiger partial charge in [-0.2, -0.15) is 0 Å². The number of carbonyl (C=O) groups excluding carboxylic acids is 1. The van der Waals surface area contributed by atoms with Crippen molar-refractivity contribution in [3.05, 3.63) is 0 Å². The van der Waals surface area contributed by atoms with E-state index in [0.29, 0.717) is 0 Å². The molecule has 0 saturated heterocycles. The summed E-state index contributed by atoms with van der Waals surface area (Å²) in [7, 11) is 0. The minimum atomic E-state index is 0.254. The van der Waals surface area contributed by atoms with Gasteiger partial charge in [0.05, 0.1) is 0 Å². The van der Waals surface area contributed by atoms with E-state index in [1.165, 1.54) is 89.9 Å². The Morgan fingerprint density at radius 1 is 0.565 bits per heavy atom. The predicted octanol–water partition coefficient (Wildman–Crippen LogP) is 6.77. The van der Waals surface area contributed by atoms with Gasteiger partial charge in [-0.25, -0.2) is 0 Å². The Bertz CT molecular complexity index is 240. The van der Waals surface area contributed by atoms with Crippen LogP contribution < -0.4 is 5.32 Å². The summed E-state index contributed by atoms with van der Waals surface area (Å²) in [6, 6.07) is 0. The maximum atomic E-state index is 11.6. The minimum absolute atomic E-state index is 0.254. The van der Waals surface area contributed by atoms with E-state index in [4.69, 9.17) is 0 Å². The SMILES string of the molecule is CCCCCCCCCCCCCCNC(=O)CCCCCC. The van der Waals surface area contributed by atoms with Crippen LogP contribution in [0.1, 0.15) is 123 Å². The van der Waals surface area contributed by atoms with Gasteiger partial charge in [0.1, 0.15) is 0 Å². The van der Waals surface area contributed by atoms with Gasteiger partial charge in [-0.05, 0) is 12.8 Å². The Morgan fingerprint density at radius 2 is 0.957 bits per heavy atom. The Balaban J connectivity index is 3.08. The highest BCUT2D eigenvalue weighted by molar-refractivity contribution is 5.75. The standard InChI is InChI=1S/C21H43NO/c1-3-5-7-9-10-11-12-13-14-15-16-18-20-22-21(23)19-17-8-6-4-2/h3-20H2,1-2H3,(H,22,23). The molecule has 0 aromatic carbocycles. The molecule has 0 bridgehead atoms. The van der Waals surface area contributed by atoms with Gasteiger partial charge in [0, 0.05) is 13.0 Å². The molecule has 2 nitrogen and oxygen atoms in total. The van der Waals surface area contributed by atoms with Gasteiger partial charge in [0.2, 0.25) is 5.91 Å². The van der Waals surface area contributed by atoms with E-state index in [1.54, 1.807) is 0 Å². The summed E-state index contributed by atoms with van der Waals surface area (Å²) in [4.78, 5) is 11.6. The first-order valence-corrected chi connectivity index (χ1v) is 10.6. The smallest absolute Gasteiger partial charge is 0.219 e. The van der Waals surface area contributed by atoms with Crippen molar-refractivity contribution in [2.75, 3.05) is 6.54 Å². The van der Waals surface area contributed by atoms with E-state index in [9.17, 15) is 4.79 Å². The summed E-state index contributed by atoms with van der Waals surface area (Å²) in [5, 5.41) is 3.06. The molecule has 0 unspecified atom stereocenters. The van der Waals surface area contributed by atoms with Crippen LogP contribution in [0.5, 0.6) is 0 Å². The first-order chi connectivity index (χ1) is 11.3. The number of hydrogen-bond acceptors (Lipinski definition) is 1. The Morgan fingerprint density at radius 3 is 1.43 bits per heavy atom. The van der Waals surface area contributed by atoms with Gasteiger partial charge in [0.15, 0.2) is 0 Å². The Labute approximate surface area is 146 Å². The number of rotatable bonds is 18. The number of unbranched alkanes of at least 4 members (excludes halogenated alkanes) is 14. The topological polar surface area (TPSA) is 29.1 Å². The van der Waals surface area contributed by atoms with Crippen LogP contribution >= 0.6 is 0 Å². The molecule has 0 rings (SSSR count). The van der Waals surface area contributed by atoms with Crippen LogP contribution in [0.3, 0.4) is 0 Å². The van der Waals surface area contributed by atoms with E-state index in [2.05, 4.69) is 19.2 Å². The number of carbonyl (C=O) groups is 1. The lowest BCUT2D eigenvalue weighted by atomic mass is 10.1. The van der Waals surface area contributed by atoms with E-state index < -0.39 is 0 Å². The van der Waals surface area contributed by atoms with Crippen molar-refractivity contribution in [2.24, 2.45) is 0 Å². The van der Waals surface area contributed by atoms with Crippen molar-refractivity contribution in [1.29, 1.82) is 0 Å². The summed E-state index contributed by atoms with van der Waals surface area (Å²) in [5.74, 6) is 0.254. The van der Waals surface area contributed by atoms with Gasteiger partial charge in [-0.15, -0.1) is 0 Å². The Hall–Kier alpha value is -0.530. The maximum absolute atomic E-state index is 11.6. The molecule has 0 fully saturated rings. The fourth-order valence-corrected chi connectivity index (χ4v) is 2.99. The molecule has 23 heavy (non-hydrogen) atoms. The zero-order valence-corrected chi connectivity index (χ0v) is 16.1. The van der Waals surface area contributed by atoms with Gasteiger partial charge < -0.3 is 5.32 Å². The van der Waals surface area contributed by atoms with Crippen LogP contribution in [-0.4, -0.2) is 12.5 Å². The largest absolute Gasteiger partial charge is 0.356 e. The lowest BCUT2D eigenvalue weighted by Crippen LogP contribution is -2.23. The highest BCUT2D eigenvalue weighted by Gasteiger charge is 2.00. The lowest BCUT2D eigenvalue weighted by Gasteiger charge is -2.05. The molecule has 0 atom stereocenters. The Kier molecular flexibility index (Phi) is 19.1. The zero-order chi connectivity index (χ0) is 17.0. The van der Waals surface area contributed by atoms with Crippen LogP contribution in [0.4, 0.5) is 0 Å². The highest BCUT2D eigenvalue weighted by atomic mass is 16.1. The molecule has 1 amide bonds. The molecule has 0 aliphatic carbocycles. The molecule has 0 heterocycles. The first kappa shape index (κ1) is 22.5. The normalized spacial score (nSPS) is 10.9. The van der Waals surface area contributed by atoms with Crippen LogP contribution in [0.25, 0.3) is 0 Å². The van der Waals surface area contributed by atoms with Gasteiger partial charge in [-0.1, -0.05) is 104 Å². The average molecular weight is 326 g/mol. The molecule has 0 saturated carbocycles. The lowest BCUT2D eigenvalue weighted by molar-refractivity contribution is -0.121. The van der Waals surface area contributed by atoms with E-state index in [-0.39, 0.29) is 5.91 Å². The second-order valence-electron chi connectivity index (χ2n) is 7.05. The van der Waals surface area contributed by atoms with Crippen molar-refractivity contribution in [3.63, 3.8) is 0 Å². The number of hydrogen-bond donors (Lipinski definition) is 1. The zero-order valence-electron chi connectivity index (χ0n) is 16.1. The third kappa shape index (κ3) is 19.4. The summed E-state index contributed by atoms with van der Waals surface area (Å²) in [5.41, 5.74) is 0. The van der Waals surface area contributed by atoms with E-state index >= 15 is 0 Å².